The van der Waals surface area contributed by atoms with Crippen LogP contribution in [0.4, 0.5) is 11.4 Å². The lowest BCUT2D eigenvalue weighted by molar-refractivity contribution is -0.126. The number of hydroxylamine groups is 1. The van der Waals surface area contributed by atoms with Gasteiger partial charge in [-0.3, -0.25) is 14.4 Å². The Kier molecular flexibility index (Phi) is 7.33. The summed E-state index contributed by atoms with van der Waals surface area (Å²) < 4.78 is 17.0. The van der Waals surface area contributed by atoms with Crippen LogP contribution in [0.25, 0.3) is 0 Å². The number of hydrogen-bond acceptors (Lipinski definition) is 8. The molecule has 4 aromatic carbocycles. The predicted octanol–water partition coefficient (Wildman–Crippen LogP) is 5.36. The third-order valence-electron chi connectivity index (χ3n) is 7.27. The van der Waals surface area contributed by atoms with Crippen LogP contribution in [-0.2, 0) is 14.4 Å². The maximum atomic E-state index is 14.1. The average Bonchev–Trinajstić information content (AvgIpc) is 3.54. The number of benzene rings is 4. The van der Waals surface area contributed by atoms with Gasteiger partial charge in [0.15, 0.2) is 17.6 Å². The fourth-order valence-corrected chi connectivity index (χ4v) is 5.39. The zero-order valence-corrected chi connectivity index (χ0v) is 23.0. The highest BCUT2D eigenvalue weighted by Crippen LogP contribution is 2.49. The molecule has 3 atom stereocenters. The molecule has 2 aliphatic heterocycles. The molecular weight excluding hydrogens is 536 g/mol. The molecular formula is C33H28N2O7. The summed E-state index contributed by atoms with van der Waals surface area (Å²) in [5.41, 5.74) is 2.09. The van der Waals surface area contributed by atoms with Crippen molar-refractivity contribution < 1.29 is 33.4 Å². The highest BCUT2D eigenvalue weighted by atomic mass is 16.7. The smallest absolute Gasteiger partial charge is 0.343 e. The van der Waals surface area contributed by atoms with Gasteiger partial charge in [-0.05, 0) is 61.0 Å². The number of anilines is 2. The fourth-order valence-electron chi connectivity index (χ4n) is 5.39. The Hall–Kier alpha value is -5.15. The molecule has 0 bridgehead atoms. The SMILES string of the molecule is CCOc1ccccc1N1C(=O)[C@H]2[C@@H](c3ccc(OC(=O)c4ccccc4)c(OC)c3)N(c3ccccc3)O[C@H]2C1=O. The van der Waals surface area contributed by atoms with Gasteiger partial charge in [0.25, 0.3) is 5.91 Å². The number of esters is 1. The third kappa shape index (κ3) is 4.73. The summed E-state index contributed by atoms with van der Waals surface area (Å²) >= 11 is 0. The highest BCUT2D eigenvalue weighted by Gasteiger charge is 2.60. The van der Waals surface area contributed by atoms with E-state index in [0.29, 0.717) is 40.6 Å². The van der Waals surface area contributed by atoms with Gasteiger partial charge in [-0.2, -0.15) is 0 Å². The molecule has 0 saturated carbocycles. The van der Waals surface area contributed by atoms with Gasteiger partial charge in [-0.1, -0.05) is 54.6 Å². The monoisotopic (exact) mass is 564 g/mol. The summed E-state index contributed by atoms with van der Waals surface area (Å²) in [4.78, 5) is 48.0. The van der Waals surface area contributed by atoms with Gasteiger partial charge in [0, 0.05) is 0 Å². The van der Waals surface area contributed by atoms with Crippen LogP contribution >= 0.6 is 0 Å². The number of rotatable bonds is 8. The molecule has 2 amide bonds. The number of nitrogens with zero attached hydrogens (tertiary/aromatic N) is 2. The van der Waals surface area contributed by atoms with Crippen LogP contribution in [0.5, 0.6) is 17.2 Å². The van der Waals surface area contributed by atoms with E-state index in [9.17, 15) is 14.4 Å². The summed E-state index contributed by atoms with van der Waals surface area (Å²) in [5, 5.41) is 1.60. The standard InChI is InChI=1S/C33H28N2O7/c1-3-40-25-17-11-10-16-24(25)34-31(36)28-29(35(42-30(28)32(34)37)23-14-8-5-9-15-23)22-18-19-26(27(20-22)39-2)41-33(38)21-12-6-4-7-13-21/h4-20,28-30H,3H2,1-2H3/t28-,29+,30+/m0/s1. The van der Waals surface area contributed by atoms with Crippen molar-refractivity contribution in [2.24, 2.45) is 5.92 Å². The number of imide groups is 1. The molecule has 2 saturated heterocycles. The third-order valence-corrected chi connectivity index (χ3v) is 7.27. The van der Waals surface area contributed by atoms with Crippen molar-refractivity contribution >= 4 is 29.2 Å². The minimum Gasteiger partial charge on any atom is -0.493 e. The Bertz CT molecular complexity index is 1630. The molecule has 0 aromatic heterocycles. The van der Waals surface area contributed by atoms with Crippen molar-refractivity contribution in [3.63, 3.8) is 0 Å². The maximum Gasteiger partial charge on any atom is 0.343 e. The second kappa shape index (κ2) is 11.4. The largest absolute Gasteiger partial charge is 0.493 e. The van der Waals surface area contributed by atoms with E-state index in [4.69, 9.17) is 19.0 Å². The predicted molar refractivity (Wildman–Crippen MR) is 155 cm³/mol. The van der Waals surface area contributed by atoms with Crippen LogP contribution < -0.4 is 24.2 Å². The van der Waals surface area contributed by atoms with Crippen molar-refractivity contribution in [2.45, 2.75) is 19.1 Å². The molecule has 0 radical (unpaired) electrons. The van der Waals surface area contributed by atoms with Gasteiger partial charge in [0.1, 0.15) is 11.7 Å². The van der Waals surface area contributed by atoms with Crippen LogP contribution in [0.2, 0.25) is 0 Å². The number of amides is 2. The minimum atomic E-state index is -1.06. The number of hydrogen-bond donors (Lipinski definition) is 0. The molecule has 9 heteroatoms. The van der Waals surface area contributed by atoms with E-state index < -0.39 is 35.8 Å². The van der Waals surface area contributed by atoms with E-state index >= 15 is 0 Å². The first-order valence-electron chi connectivity index (χ1n) is 13.6. The topological polar surface area (TPSA) is 94.6 Å². The number of methoxy groups -OCH3 is 1. The van der Waals surface area contributed by atoms with E-state index in [1.54, 1.807) is 71.8 Å². The van der Waals surface area contributed by atoms with Gasteiger partial charge in [0.2, 0.25) is 5.91 Å². The summed E-state index contributed by atoms with van der Waals surface area (Å²) in [7, 11) is 1.47. The molecule has 2 fully saturated rings. The number of fused-ring (bicyclic) bond motifs is 1. The van der Waals surface area contributed by atoms with Crippen molar-refractivity contribution in [1.82, 2.24) is 0 Å². The summed E-state index contributed by atoms with van der Waals surface area (Å²) in [6.45, 7) is 2.21. The average molecular weight is 565 g/mol. The van der Waals surface area contributed by atoms with E-state index in [1.807, 2.05) is 43.3 Å². The molecule has 0 spiro atoms. The summed E-state index contributed by atoms with van der Waals surface area (Å²) in [6, 6.07) is 29.2. The minimum absolute atomic E-state index is 0.220. The lowest BCUT2D eigenvalue weighted by Gasteiger charge is -2.29. The summed E-state index contributed by atoms with van der Waals surface area (Å²) in [6.07, 6.45) is -1.06. The summed E-state index contributed by atoms with van der Waals surface area (Å²) in [5.74, 6) is -1.32. The number of ether oxygens (including phenoxy) is 3. The van der Waals surface area contributed by atoms with Gasteiger partial charge in [0.05, 0.1) is 36.7 Å². The van der Waals surface area contributed by atoms with Gasteiger partial charge in [-0.25, -0.2) is 14.8 Å². The van der Waals surface area contributed by atoms with Crippen LogP contribution in [0.3, 0.4) is 0 Å². The van der Waals surface area contributed by atoms with Crippen LogP contribution in [0.1, 0.15) is 28.9 Å². The van der Waals surface area contributed by atoms with Crippen molar-refractivity contribution in [2.75, 3.05) is 23.7 Å². The van der Waals surface area contributed by atoms with E-state index in [0.717, 1.165) is 4.90 Å². The molecule has 0 aliphatic carbocycles. The molecule has 0 unspecified atom stereocenters. The van der Waals surface area contributed by atoms with Gasteiger partial charge >= 0.3 is 5.97 Å². The maximum absolute atomic E-state index is 14.1. The first kappa shape index (κ1) is 27.0. The lowest BCUT2D eigenvalue weighted by Crippen LogP contribution is -2.37. The van der Waals surface area contributed by atoms with Crippen LogP contribution in [0, 0.1) is 5.92 Å². The Labute approximate surface area is 242 Å². The molecule has 2 heterocycles. The van der Waals surface area contributed by atoms with Gasteiger partial charge < -0.3 is 14.2 Å². The Morgan fingerprint density at radius 3 is 2.21 bits per heavy atom. The normalized spacial score (nSPS) is 19.5. The van der Waals surface area contributed by atoms with Crippen LogP contribution in [0.15, 0.2) is 103 Å². The quantitative estimate of drug-likeness (QED) is 0.160. The second-order valence-corrected chi connectivity index (χ2v) is 9.74. The van der Waals surface area contributed by atoms with E-state index in [2.05, 4.69) is 0 Å². The number of carbonyl (C=O) groups excluding carboxylic acids is 3. The molecule has 4 aromatic rings. The molecule has 2 aliphatic rings. The first-order valence-corrected chi connectivity index (χ1v) is 13.6. The molecule has 212 valence electrons. The molecule has 6 rings (SSSR count). The Balaban J connectivity index is 1.38. The zero-order chi connectivity index (χ0) is 29.2. The lowest BCUT2D eigenvalue weighted by atomic mass is 9.90. The Morgan fingerprint density at radius 2 is 1.50 bits per heavy atom. The van der Waals surface area contributed by atoms with Gasteiger partial charge in [-0.15, -0.1) is 0 Å². The fraction of sp³-hybridized carbons (Fsp3) is 0.182. The zero-order valence-electron chi connectivity index (χ0n) is 23.0. The van der Waals surface area contributed by atoms with E-state index in [1.165, 1.54) is 7.11 Å². The second-order valence-electron chi connectivity index (χ2n) is 9.74. The first-order chi connectivity index (χ1) is 20.5. The van der Waals surface area contributed by atoms with Crippen molar-refractivity contribution in [3.05, 3.63) is 114 Å². The van der Waals surface area contributed by atoms with Crippen molar-refractivity contribution in [3.8, 4) is 17.2 Å². The van der Waals surface area contributed by atoms with E-state index in [-0.39, 0.29) is 5.75 Å². The van der Waals surface area contributed by atoms with Crippen molar-refractivity contribution in [1.29, 1.82) is 0 Å². The molecule has 9 nitrogen and oxygen atoms in total. The Morgan fingerprint density at radius 1 is 0.810 bits per heavy atom. The highest BCUT2D eigenvalue weighted by molar-refractivity contribution is 6.24. The number of carbonyl (C=O) groups is 3. The van der Waals surface area contributed by atoms with Crippen LogP contribution in [-0.4, -0.2) is 37.6 Å². The molecule has 42 heavy (non-hydrogen) atoms. The molecule has 0 N–H and O–H groups in total. The number of para-hydroxylation sites is 3.